The molecule has 0 saturated heterocycles. The average Bonchev–Trinajstić information content (AvgIpc) is 2.59. The summed E-state index contributed by atoms with van der Waals surface area (Å²) in [6, 6.07) is 11.2. The molecular formula is C19H20Cl2N2O3. The van der Waals surface area contributed by atoms with E-state index in [1.165, 1.54) is 12.1 Å². The molecule has 2 amide bonds. The van der Waals surface area contributed by atoms with Crippen molar-refractivity contribution < 1.29 is 14.3 Å². The smallest absolute Gasteiger partial charge is 0.271 e. The first-order valence-electron chi connectivity index (χ1n) is 8.15. The molecule has 0 unspecified atom stereocenters. The highest BCUT2D eigenvalue weighted by atomic mass is 35.5. The molecule has 0 heterocycles. The van der Waals surface area contributed by atoms with Crippen LogP contribution in [0.15, 0.2) is 42.5 Å². The van der Waals surface area contributed by atoms with Gasteiger partial charge in [0.05, 0.1) is 17.2 Å². The molecule has 0 aliphatic rings. The van der Waals surface area contributed by atoms with Crippen LogP contribution in [0.3, 0.4) is 0 Å². The Morgan fingerprint density at radius 3 is 2.27 bits per heavy atom. The van der Waals surface area contributed by atoms with Crippen molar-refractivity contribution in [3.63, 3.8) is 0 Å². The normalized spacial score (nSPS) is 10.5. The molecular weight excluding hydrogens is 375 g/mol. The van der Waals surface area contributed by atoms with Gasteiger partial charge in [-0.2, -0.15) is 0 Å². The second kappa shape index (κ2) is 9.46. The molecule has 0 aliphatic heterocycles. The number of carbonyl (C=O) groups is 2. The summed E-state index contributed by atoms with van der Waals surface area (Å²) in [6.07, 6.45) is 0.960. The summed E-state index contributed by atoms with van der Waals surface area (Å²) >= 11 is 11.8. The number of hydrazine groups is 1. The minimum Gasteiger partial charge on any atom is -0.494 e. The molecule has 0 aromatic heterocycles. The Morgan fingerprint density at radius 2 is 1.65 bits per heavy atom. The first kappa shape index (κ1) is 20.1. The van der Waals surface area contributed by atoms with Crippen molar-refractivity contribution in [2.45, 2.75) is 20.3 Å². The third-order valence-electron chi connectivity index (χ3n) is 3.55. The van der Waals surface area contributed by atoms with E-state index in [9.17, 15) is 9.59 Å². The number of hydrogen-bond acceptors (Lipinski definition) is 3. The number of halogens is 2. The zero-order valence-corrected chi connectivity index (χ0v) is 16.0. The molecule has 2 aromatic rings. The van der Waals surface area contributed by atoms with Crippen LogP contribution in [0.5, 0.6) is 5.75 Å². The Hall–Kier alpha value is -2.24. The van der Waals surface area contributed by atoms with Gasteiger partial charge in [-0.25, -0.2) is 0 Å². The summed E-state index contributed by atoms with van der Waals surface area (Å²) < 4.78 is 5.60. The van der Waals surface area contributed by atoms with E-state index < -0.39 is 11.8 Å². The summed E-state index contributed by atoms with van der Waals surface area (Å²) in [5.74, 6) is 0.280. The Bertz CT molecular complexity index is 777. The molecule has 0 fully saturated rings. The van der Waals surface area contributed by atoms with Crippen LogP contribution in [-0.4, -0.2) is 18.4 Å². The van der Waals surface area contributed by atoms with Gasteiger partial charge in [0.15, 0.2) is 0 Å². The van der Waals surface area contributed by atoms with E-state index in [0.717, 1.165) is 6.42 Å². The van der Waals surface area contributed by atoms with Gasteiger partial charge in [-0.15, -0.1) is 0 Å². The molecule has 2 aromatic carbocycles. The van der Waals surface area contributed by atoms with Crippen LogP contribution in [-0.2, 0) is 0 Å². The van der Waals surface area contributed by atoms with Crippen molar-refractivity contribution in [1.82, 2.24) is 10.9 Å². The second-order valence-corrected chi connectivity index (χ2v) is 6.93. The van der Waals surface area contributed by atoms with E-state index in [1.54, 1.807) is 30.3 Å². The molecule has 0 saturated carbocycles. The SMILES string of the molecule is CC(C)CCOc1ccc(C(=O)NNC(=O)c2ccc(Cl)cc2Cl)cc1. The third-order valence-corrected chi connectivity index (χ3v) is 4.09. The Labute approximate surface area is 162 Å². The molecule has 0 spiro atoms. The van der Waals surface area contributed by atoms with Crippen LogP contribution in [0.1, 0.15) is 41.0 Å². The summed E-state index contributed by atoms with van der Waals surface area (Å²) in [7, 11) is 0. The van der Waals surface area contributed by atoms with E-state index in [1.807, 2.05) is 0 Å². The molecule has 138 valence electrons. The largest absolute Gasteiger partial charge is 0.494 e. The second-order valence-electron chi connectivity index (χ2n) is 6.09. The maximum absolute atomic E-state index is 12.1. The molecule has 0 atom stereocenters. The van der Waals surface area contributed by atoms with Crippen molar-refractivity contribution in [1.29, 1.82) is 0 Å². The van der Waals surface area contributed by atoms with Gasteiger partial charge >= 0.3 is 0 Å². The van der Waals surface area contributed by atoms with E-state index >= 15 is 0 Å². The third kappa shape index (κ3) is 5.93. The minimum absolute atomic E-state index is 0.201. The number of carbonyl (C=O) groups excluding carboxylic acids is 2. The molecule has 5 nitrogen and oxygen atoms in total. The van der Waals surface area contributed by atoms with Gasteiger partial charge in [0, 0.05) is 10.6 Å². The summed E-state index contributed by atoms with van der Waals surface area (Å²) in [6.45, 7) is 4.88. The molecule has 2 N–H and O–H groups in total. The van der Waals surface area contributed by atoms with Crippen LogP contribution in [0.25, 0.3) is 0 Å². The van der Waals surface area contributed by atoms with Gasteiger partial charge in [-0.05, 0) is 54.8 Å². The number of nitrogens with one attached hydrogen (secondary N) is 2. The standard InChI is InChI=1S/C19H20Cl2N2O3/c1-12(2)9-10-26-15-6-3-13(4-7-15)18(24)22-23-19(25)16-8-5-14(20)11-17(16)21/h3-8,11-12H,9-10H2,1-2H3,(H,22,24)(H,23,25). The van der Waals surface area contributed by atoms with Crippen LogP contribution in [0.4, 0.5) is 0 Å². The van der Waals surface area contributed by atoms with Crippen molar-refractivity contribution in [2.24, 2.45) is 5.92 Å². The van der Waals surface area contributed by atoms with Crippen LogP contribution in [0.2, 0.25) is 10.0 Å². The zero-order chi connectivity index (χ0) is 19.1. The Balaban J connectivity index is 1.88. The molecule has 0 bridgehead atoms. The topological polar surface area (TPSA) is 67.4 Å². The molecule has 2 rings (SSSR count). The lowest BCUT2D eigenvalue weighted by molar-refractivity contribution is 0.0846. The fourth-order valence-electron chi connectivity index (χ4n) is 2.04. The van der Waals surface area contributed by atoms with Gasteiger partial charge < -0.3 is 4.74 Å². The highest BCUT2D eigenvalue weighted by Crippen LogP contribution is 2.20. The molecule has 7 heteroatoms. The van der Waals surface area contributed by atoms with Crippen LogP contribution in [0, 0.1) is 5.92 Å². The number of rotatable bonds is 6. The zero-order valence-electron chi connectivity index (χ0n) is 14.5. The van der Waals surface area contributed by atoms with Crippen molar-refractivity contribution in [2.75, 3.05) is 6.61 Å². The van der Waals surface area contributed by atoms with Crippen molar-refractivity contribution >= 4 is 35.0 Å². The summed E-state index contributed by atoms with van der Waals surface area (Å²) in [5.41, 5.74) is 5.27. The quantitative estimate of drug-likeness (QED) is 0.708. The van der Waals surface area contributed by atoms with Gasteiger partial charge in [0.1, 0.15) is 5.75 Å². The van der Waals surface area contributed by atoms with Crippen molar-refractivity contribution in [3.8, 4) is 5.75 Å². The minimum atomic E-state index is -0.534. The first-order valence-corrected chi connectivity index (χ1v) is 8.91. The highest BCUT2D eigenvalue weighted by Gasteiger charge is 2.12. The molecule has 0 aliphatic carbocycles. The van der Waals surface area contributed by atoms with Gasteiger partial charge in [0.2, 0.25) is 0 Å². The maximum atomic E-state index is 12.1. The predicted octanol–water partition coefficient (Wildman–Crippen LogP) is 4.49. The highest BCUT2D eigenvalue weighted by molar-refractivity contribution is 6.36. The Kier molecular flexibility index (Phi) is 7.30. The van der Waals surface area contributed by atoms with Gasteiger partial charge in [-0.1, -0.05) is 37.0 Å². The summed E-state index contributed by atoms with van der Waals surface area (Å²) in [4.78, 5) is 24.2. The van der Waals surface area contributed by atoms with Crippen molar-refractivity contribution in [3.05, 3.63) is 63.6 Å². The van der Waals surface area contributed by atoms with Gasteiger partial charge in [0.25, 0.3) is 11.8 Å². The molecule has 0 radical (unpaired) electrons. The fourth-order valence-corrected chi connectivity index (χ4v) is 2.54. The van der Waals surface area contributed by atoms with E-state index in [4.69, 9.17) is 27.9 Å². The fraction of sp³-hybridized carbons (Fsp3) is 0.263. The van der Waals surface area contributed by atoms with Crippen LogP contribution >= 0.6 is 23.2 Å². The van der Waals surface area contributed by atoms with E-state index in [2.05, 4.69) is 24.7 Å². The lowest BCUT2D eigenvalue weighted by Crippen LogP contribution is -2.41. The average molecular weight is 395 g/mol. The monoisotopic (exact) mass is 394 g/mol. The Morgan fingerprint density at radius 1 is 1.00 bits per heavy atom. The molecule has 26 heavy (non-hydrogen) atoms. The first-order chi connectivity index (χ1) is 12.4. The maximum Gasteiger partial charge on any atom is 0.271 e. The van der Waals surface area contributed by atoms with E-state index in [0.29, 0.717) is 28.9 Å². The van der Waals surface area contributed by atoms with Gasteiger partial charge in [-0.3, -0.25) is 20.4 Å². The lowest BCUT2D eigenvalue weighted by Gasteiger charge is -2.10. The number of benzene rings is 2. The number of ether oxygens (including phenoxy) is 1. The lowest BCUT2D eigenvalue weighted by atomic mass is 10.1. The number of amides is 2. The summed E-state index contributed by atoms with van der Waals surface area (Å²) in [5, 5.41) is 0.624. The van der Waals surface area contributed by atoms with E-state index in [-0.39, 0.29) is 10.6 Å². The number of hydrogen-bond donors (Lipinski definition) is 2. The van der Waals surface area contributed by atoms with Crippen LogP contribution < -0.4 is 15.6 Å². The predicted molar refractivity (Wildman–Crippen MR) is 103 cm³/mol.